The van der Waals surface area contributed by atoms with Crippen molar-refractivity contribution in [1.29, 1.82) is 0 Å². The summed E-state index contributed by atoms with van der Waals surface area (Å²) in [5.74, 6) is 4.65. The van der Waals surface area contributed by atoms with Crippen molar-refractivity contribution in [2.45, 2.75) is 51.4 Å². The fourth-order valence-corrected chi connectivity index (χ4v) is 4.18. The smallest absolute Gasteiger partial charge is 0.420 e. The third-order valence-electron chi connectivity index (χ3n) is 5.78. The molecule has 192 valence electrons. The van der Waals surface area contributed by atoms with E-state index in [1.54, 1.807) is 39.0 Å². The number of ether oxygens (including phenoxy) is 2. The molecule has 2 atom stereocenters. The average Bonchev–Trinajstić information content (AvgIpc) is 3.13. The quantitative estimate of drug-likeness (QED) is 0.474. The van der Waals surface area contributed by atoms with Crippen LogP contribution in [0.3, 0.4) is 0 Å². The molecule has 0 spiro atoms. The van der Waals surface area contributed by atoms with Crippen LogP contribution in [0.15, 0.2) is 27.4 Å². The lowest BCUT2D eigenvalue weighted by Crippen LogP contribution is -2.48. The first-order valence-electron chi connectivity index (χ1n) is 11.9. The largest absolute Gasteiger partial charge is 0.444 e. The molecule has 2 fully saturated rings. The number of rotatable bonds is 4. The van der Waals surface area contributed by atoms with Crippen LogP contribution in [-0.4, -0.2) is 71.9 Å². The zero-order valence-corrected chi connectivity index (χ0v) is 20.6. The van der Waals surface area contributed by atoms with Crippen LogP contribution >= 0.6 is 0 Å². The summed E-state index contributed by atoms with van der Waals surface area (Å²) in [5, 5.41) is 5.00. The molecule has 1 aromatic carbocycles. The van der Waals surface area contributed by atoms with Crippen LogP contribution in [0.1, 0.15) is 45.2 Å². The number of imide groups is 1. The van der Waals surface area contributed by atoms with Gasteiger partial charge in [-0.15, -0.1) is 0 Å². The summed E-state index contributed by atoms with van der Waals surface area (Å²) in [6, 6.07) is 4.38. The van der Waals surface area contributed by atoms with E-state index in [-0.39, 0.29) is 24.9 Å². The summed E-state index contributed by atoms with van der Waals surface area (Å²) >= 11 is 0. The summed E-state index contributed by atoms with van der Waals surface area (Å²) in [7, 11) is 0. The molecule has 2 N–H and O–H groups in total. The number of oxazole rings is 1. The highest BCUT2D eigenvalue weighted by atomic mass is 16.6. The maximum Gasteiger partial charge on any atom is 0.420 e. The maximum absolute atomic E-state index is 12.6. The Morgan fingerprint density at radius 3 is 2.83 bits per heavy atom. The fraction of sp³-hybridized carbons (Fsp3) is 0.520. The molecule has 2 saturated heterocycles. The van der Waals surface area contributed by atoms with E-state index in [9.17, 15) is 19.2 Å². The second-order valence-electron chi connectivity index (χ2n) is 9.77. The number of amides is 3. The van der Waals surface area contributed by atoms with Crippen LogP contribution in [0.4, 0.5) is 4.79 Å². The van der Waals surface area contributed by atoms with Gasteiger partial charge in [0.2, 0.25) is 11.8 Å². The topological polar surface area (TPSA) is 132 Å². The van der Waals surface area contributed by atoms with Gasteiger partial charge in [-0.1, -0.05) is 17.9 Å². The van der Waals surface area contributed by atoms with Crippen molar-refractivity contribution in [1.82, 2.24) is 20.1 Å². The van der Waals surface area contributed by atoms with E-state index < -0.39 is 29.4 Å². The Morgan fingerprint density at radius 1 is 1.28 bits per heavy atom. The first-order chi connectivity index (χ1) is 17.1. The number of nitrogens with one attached hydrogen (secondary N) is 2. The van der Waals surface area contributed by atoms with E-state index in [1.165, 1.54) is 4.57 Å². The van der Waals surface area contributed by atoms with Gasteiger partial charge in [-0.3, -0.25) is 24.4 Å². The van der Waals surface area contributed by atoms with E-state index in [0.29, 0.717) is 49.4 Å². The molecule has 36 heavy (non-hydrogen) atoms. The van der Waals surface area contributed by atoms with Crippen molar-refractivity contribution in [3.05, 3.63) is 34.3 Å². The highest BCUT2D eigenvalue weighted by molar-refractivity contribution is 6.00. The molecule has 0 saturated carbocycles. The molecule has 2 aliphatic rings. The van der Waals surface area contributed by atoms with E-state index in [0.717, 1.165) is 0 Å². The molecular weight excluding hydrogens is 468 g/mol. The van der Waals surface area contributed by atoms with Gasteiger partial charge >= 0.3 is 11.8 Å². The molecule has 0 bridgehead atoms. The highest BCUT2D eigenvalue weighted by Crippen LogP contribution is 2.24. The SMILES string of the molecule is CC(C)(C)OC(=O)NC[C@@H]1CN(CC#Cc2cccc3c2oc(=O)n3C2CCC(=O)NC2=O)CCO1. The number of hydrogen-bond acceptors (Lipinski definition) is 8. The minimum atomic E-state index is -0.806. The predicted octanol–water partition coefficient (Wildman–Crippen LogP) is 1.15. The molecule has 1 unspecified atom stereocenters. The van der Waals surface area contributed by atoms with E-state index in [1.807, 2.05) is 0 Å². The van der Waals surface area contributed by atoms with Crippen molar-refractivity contribution in [3.8, 4) is 11.8 Å². The van der Waals surface area contributed by atoms with Gasteiger partial charge in [0.05, 0.1) is 30.3 Å². The van der Waals surface area contributed by atoms with Gasteiger partial charge < -0.3 is 19.2 Å². The van der Waals surface area contributed by atoms with Gasteiger partial charge in [0.15, 0.2) is 5.58 Å². The van der Waals surface area contributed by atoms with Crippen molar-refractivity contribution < 1.29 is 28.3 Å². The number of morpholine rings is 1. The summed E-state index contributed by atoms with van der Waals surface area (Å²) in [6.45, 7) is 8.01. The van der Waals surface area contributed by atoms with Crippen LogP contribution in [0.25, 0.3) is 11.1 Å². The van der Waals surface area contributed by atoms with Crippen LogP contribution in [0.2, 0.25) is 0 Å². The lowest BCUT2D eigenvalue weighted by Gasteiger charge is -2.31. The molecule has 4 rings (SSSR count). The standard InChI is InChI=1S/C25H30N4O7/c1-25(2,3)36-23(32)26-14-17-15-28(12-13-34-17)11-5-7-16-6-4-8-18-21(16)35-24(33)29(18)19-9-10-20(30)27-22(19)31/h4,6,8,17,19H,9-15H2,1-3H3,(H,26,32)(H,27,30,31)/t17-,19?/m1/s1. The second kappa shape index (κ2) is 10.6. The number of piperidine rings is 1. The number of fused-ring (bicyclic) bond motifs is 1. The molecule has 11 heteroatoms. The van der Waals surface area contributed by atoms with Gasteiger partial charge in [-0.2, -0.15) is 0 Å². The van der Waals surface area contributed by atoms with Crippen LogP contribution in [0.5, 0.6) is 0 Å². The van der Waals surface area contributed by atoms with Crippen LogP contribution in [0, 0.1) is 11.8 Å². The number of alkyl carbamates (subject to hydrolysis) is 1. The molecule has 0 radical (unpaired) electrons. The number of aromatic nitrogens is 1. The molecule has 2 aromatic rings. The molecule has 3 amide bonds. The molecule has 11 nitrogen and oxygen atoms in total. The monoisotopic (exact) mass is 498 g/mol. The van der Waals surface area contributed by atoms with Crippen molar-refractivity contribution in [3.63, 3.8) is 0 Å². The Morgan fingerprint density at radius 2 is 2.08 bits per heavy atom. The highest BCUT2D eigenvalue weighted by Gasteiger charge is 2.31. The van der Waals surface area contributed by atoms with Crippen molar-refractivity contribution in [2.24, 2.45) is 0 Å². The van der Waals surface area contributed by atoms with Gasteiger partial charge in [0.1, 0.15) is 11.6 Å². The molecule has 0 aliphatic carbocycles. The van der Waals surface area contributed by atoms with Gasteiger partial charge in [-0.25, -0.2) is 9.59 Å². The number of carbonyl (C=O) groups is 3. The third kappa shape index (κ3) is 6.13. The Balaban J connectivity index is 1.40. The van der Waals surface area contributed by atoms with Crippen molar-refractivity contribution in [2.75, 3.05) is 32.8 Å². The summed E-state index contributed by atoms with van der Waals surface area (Å²) in [6.07, 6.45) is -0.280. The van der Waals surface area contributed by atoms with Crippen LogP contribution < -0.4 is 16.4 Å². The number of carbonyl (C=O) groups excluding carboxylic acids is 3. The molecule has 2 aliphatic heterocycles. The zero-order valence-electron chi connectivity index (χ0n) is 20.6. The van der Waals surface area contributed by atoms with Gasteiger partial charge in [0.25, 0.3) is 0 Å². The number of para-hydroxylation sites is 1. The first-order valence-corrected chi connectivity index (χ1v) is 11.9. The normalized spacial score (nSPS) is 21.0. The van der Waals surface area contributed by atoms with E-state index in [2.05, 4.69) is 27.4 Å². The van der Waals surface area contributed by atoms with E-state index in [4.69, 9.17) is 13.9 Å². The third-order valence-corrected chi connectivity index (χ3v) is 5.78. The second-order valence-corrected chi connectivity index (χ2v) is 9.77. The minimum absolute atomic E-state index is 0.156. The Kier molecular flexibility index (Phi) is 7.47. The fourth-order valence-electron chi connectivity index (χ4n) is 4.18. The number of hydrogen-bond donors (Lipinski definition) is 2. The first kappa shape index (κ1) is 25.5. The Bertz CT molecular complexity index is 1280. The Labute approximate surface area is 208 Å². The lowest BCUT2D eigenvalue weighted by molar-refractivity contribution is -0.135. The Hall–Kier alpha value is -3.62. The molecule has 1 aromatic heterocycles. The van der Waals surface area contributed by atoms with Crippen molar-refractivity contribution >= 4 is 29.0 Å². The summed E-state index contributed by atoms with van der Waals surface area (Å²) in [5.41, 5.74) is 0.735. The average molecular weight is 499 g/mol. The molecule has 3 heterocycles. The number of benzene rings is 1. The van der Waals surface area contributed by atoms with Crippen LogP contribution in [-0.2, 0) is 19.1 Å². The minimum Gasteiger partial charge on any atom is -0.444 e. The molecular formula is C25H30N4O7. The van der Waals surface area contributed by atoms with Gasteiger partial charge in [0, 0.05) is 26.1 Å². The lowest BCUT2D eigenvalue weighted by atomic mass is 10.1. The maximum atomic E-state index is 12.6. The predicted molar refractivity (Wildman–Crippen MR) is 129 cm³/mol. The summed E-state index contributed by atoms with van der Waals surface area (Å²) in [4.78, 5) is 50.4. The number of nitrogens with zero attached hydrogens (tertiary/aromatic N) is 2. The summed E-state index contributed by atoms with van der Waals surface area (Å²) < 4.78 is 17.7. The van der Waals surface area contributed by atoms with Gasteiger partial charge in [-0.05, 0) is 39.3 Å². The zero-order chi connectivity index (χ0) is 25.9. The van der Waals surface area contributed by atoms with E-state index >= 15 is 0 Å².